The largest absolute Gasteiger partial charge is 0.506 e. The summed E-state index contributed by atoms with van der Waals surface area (Å²) >= 11 is 0. The van der Waals surface area contributed by atoms with E-state index in [9.17, 15) is 18.3 Å². The average molecular weight is 309 g/mol. The van der Waals surface area contributed by atoms with Gasteiger partial charge in [-0.15, -0.1) is 0 Å². The van der Waals surface area contributed by atoms with Crippen LogP contribution >= 0.6 is 0 Å². The number of nitrogens with one attached hydrogen (secondary N) is 1. The number of rotatable bonds is 4. The number of benzene rings is 1. The van der Waals surface area contributed by atoms with Crippen LogP contribution in [0.5, 0.6) is 5.75 Å². The first-order chi connectivity index (χ1) is 9.85. The van der Waals surface area contributed by atoms with Crippen molar-refractivity contribution in [2.45, 2.75) is 11.8 Å². The summed E-state index contributed by atoms with van der Waals surface area (Å²) < 4.78 is 25.0. The number of nitrogens with zero attached hydrogens (tertiary/aromatic N) is 2. The predicted molar refractivity (Wildman–Crippen MR) is 77.0 cm³/mol. The highest BCUT2D eigenvalue weighted by atomic mass is 32.2. The van der Waals surface area contributed by atoms with Crippen molar-refractivity contribution in [3.63, 3.8) is 0 Å². The van der Waals surface area contributed by atoms with Crippen molar-refractivity contribution in [1.82, 2.24) is 9.78 Å². The summed E-state index contributed by atoms with van der Waals surface area (Å²) in [5.74, 6) is -0.760. The maximum atomic E-state index is 12.0. The van der Waals surface area contributed by atoms with Gasteiger partial charge in [0.05, 0.1) is 16.3 Å². The number of hydrogen-bond donors (Lipinski definition) is 2. The van der Waals surface area contributed by atoms with Gasteiger partial charge >= 0.3 is 0 Å². The molecule has 1 amide bonds. The Morgan fingerprint density at radius 3 is 2.67 bits per heavy atom. The number of aromatic hydroxyl groups is 1. The van der Waals surface area contributed by atoms with Crippen LogP contribution < -0.4 is 5.32 Å². The van der Waals surface area contributed by atoms with Gasteiger partial charge in [-0.25, -0.2) is 8.42 Å². The van der Waals surface area contributed by atoms with Crippen molar-refractivity contribution in [3.8, 4) is 5.75 Å². The standard InChI is InChI=1S/C13H15N3O4S/c1-3-21(19,20)9-4-5-12(17)10(8-9)15-13(18)11-6-7-14-16(11)2/h4-8,17H,3H2,1-2H3,(H,15,18). The third kappa shape index (κ3) is 3.05. The van der Waals surface area contributed by atoms with Gasteiger partial charge in [-0.1, -0.05) is 6.92 Å². The Hall–Kier alpha value is -2.35. The van der Waals surface area contributed by atoms with Crippen LogP contribution in [0.1, 0.15) is 17.4 Å². The fourth-order valence-corrected chi connectivity index (χ4v) is 2.66. The molecule has 0 atom stereocenters. The van der Waals surface area contributed by atoms with E-state index >= 15 is 0 Å². The van der Waals surface area contributed by atoms with Gasteiger partial charge in [-0.2, -0.15) is 5.10 Å². The molecule has 0 unspecified atom stereocenters. The molecule has 2 N–H and O–H groups in total. The maximum Gasteiger partial charge on any atom is 0.274 e. The molecule has 112 valence electrons. The fourth-order valence-electron chi connectivity index (χ4n) is 1.76. The second kappa shape index (κ2) is 5.57. The Kier molecular flexibility index (Phi) is 3.99. The van der Waals surface area contributed by atoms with E-state index in [4.69, 9.17) is 0 Å². The number of amides is 1. The van der Waals surface area contributed by atoms with Crippen molar-refractivity contribution in [2.24, 2.45) is 7.05 Å². The van der Waals surface area contributed by atoms with E-state index in [-0.39, 0.29) is 27.8 Å². The monoisotopic (exact) mass is 309 g/mol. The van der Waals surface area contributed by atoms with Crippen LogP contribution in [-0.2, 0) is 16.9 Å². The molecule has 0 bridgehead atoms. The average Bonchev–Trinajstić information content (AvgIpc) is 2.87. The molecule has 0 fully saturated rings. The molecular weight excluding hydrogens is 294 g/mol. The smallest absolute Gasteiger partial charge is 0.274 e. The predicted octanol–water partition coefficient (Wildman–Crippen LogP) is 1.17. The molecule has 2 rings (SSSR count). The Morgan fingerprint density at radius 2 is 2.10 bits per heavy atom. The Morgan fingerprint density at radius 1 is 1.38 bits per heavy atom. The Labute approximate surface area is 122 Å². The molecule has 1 aromatic heterocycles. The zero-order valence-electron chi connectivity index (χ0n) is 11.6. The summed E-state index contributed by atoms with van der Waals surface area (Å²) in [4.78, 5) is 12.1. The number of carbonyl (C=O) groups is 1. The molecular formula is C13H15N3O4S. The second-order valence-electron chi connectivity index (χ2n) is 4.38. The SMILES string of the molecule is CCS(=O)(=O)c1ccc(O)c(NC(=O)c2ccnn2C)c1. The normalized spacial score (nSPS) is 11.3. The minimum Gasteiger partial charge on any atom is -0.506 e. The highest BCUT2D eigenvalue weighted by Crippen LogP contribution is 2.27. The van der Waals surface area contributed by atoms with E-state index < -0.39 is 15.7 Å². The summed E-state index contributed by atoms with van der Waals surface area (Å²) in [6.07, 6.45) is 1.47. The van der Waals surface area contributed by atoms with E-state index in [1.54, 1.807) is 7.05 Å². The van der Waals surface area contributed by atoms with Crippen LogP contribution in [0.25, 0.3) is 0 Å². The van der Waals surface area contributed by atoms with E-state index in [0.717, 1.165) is 0 Å². The minimum atomic E-state index is -3.42. The molecule has 7 nitrogen and oxygen atoms in total. The van der Waals surface area contributed by atoms with Crippen LogP contribution in [0.4, 0.5) is 5.69 Å². The van der Waals surface area contributed by atoms with E-state index in [1.807, 2.05) is 0 Å². The van der Waals surface area contributed by atoms with Gasteiger partial charge < -0.3 is 10.4 Å². The van der Waals surface area contributed by atoms with Gasteiger partial charge in [0.1, 0.15) is 11.4 Å². The van der Waals surface area contributed by atoms with Crippen LogP contribution in [-0.4, -0.2) is 35.0 Å². The Bertz CT molecular complexity index is 780. The van der Waals surface area contributed by atoms with Gasteiger partial charge in [0.2, 0.25) is 0 Å². The number of anilines is 1. The number of sulfone groups is 1. The molecule has 0 saturated heterocycles. The van der Waals surface area contributed by atoms with Gasteiger partial charge in [0.25, 0.3) is 5.91 Å². The van der Waals surface area contributed by atoms with Crippen molar-refractivity contribution in [3.05, 3.63) is 36.2 Å². The molecule has 8 heteroatoms. The molecule has 0 aliphatic heterocycles. The molecule has 0 radical (unpaired) electrons. The number of aryl methyl sites for hydroxylation is 1. The van der Waals surface area contributed by atoms with E-state index in [2.05, 4.69) is 10.4 Å². The summed E-state index contributed by atoms with van der Waals surface area (Å²) in [6.45, 7) is 1.52. The Balaban J connectivity index is 2.34. The number of hydrogen-bond acceptors (Lipinski definition) is 5. The molecule has 0 aliphatic rings. The first-order valence-corrected chi connectivity index (χ1v) is 7.85. The lowest BCUT2D eigenvalue weighted by molar-refractivity contribution is 0.101. The lowest BCUT2D eigenvalue weighted by Crippen LogP contribution is -2.16. The lowest BCUT2D eigenvalue weighted by atomic mass is 10.3. The van der Waals surface area contributed by atoms with Crippen molar-refractivity contribution in [2.75, 3.05) is 11.1 Å². The summed E-state index contributed by atoms with van der Waals surface area (Å²) in [5.41, 5.74) is 0.328. The van der Waals surface area contributed by atoms with E-state index in [1.165, 1.54) is 42.1 Å². The first kappa shape index (κ1) is 15.0. The molecule has 1 aromatic carbocycles. The maximum absolute atomic E-state index is 12.0. The molecule has 0 spiro atoms. The molecule has 0 aliphatic carbocycles. The number of phenolic OH excluding ortho intramolecular Hbond substituents is 1. The first-order valence-electron chi connectivity index (χ1n) is 6.20. The van der Waals surface area contributed by atoms with E-state index in [0.29, 0.717) is 0 Å². The van der Waals surface area contributed by atoms with Gasteiger partial charge in [-0.05, 0) is 24.3 Å². The highest BCUT2D eigenvalue weighted by Gasteiger charge is 2.17. The molecule has 2 aromatic rings. The number of carbonyl (C=O) groups excluding carboxylic acids is 1. The molecule has 0 saturated carbocycles. The minimum absolute atomic E-state index is 0.0377. The zero-order chi connectivity index (χ0) is 15.6. The van der Waals surface area contributed by atoms with Crippen LogP contribution in [0, 0.1) is 0 Å². The van der Waals surface area contributed by atoms with Crippen LogP contribution in [0.2, 0.25) is 0 Å². The van der Waals surface area contributed by atoms with Crippen molar-refractivity contribution in [1.29, 1.82) is 0 Å². The third-order valence-corrected chi connectivity index (χ3v) is 4.74. The number of aromatic nitrogens is 2. The summed E-state index contributed by atoms with van der Waals surface area (Å²) in [5, 5.41) is 16.1. The third-order valence-electron chi connectivity index (χ3n) is 3.01. The highest BCUT2D eigenvalue weighted by molar-refractivity contribution is 7.91. The van der Waals surface area contributed by atoms with Crippen LogP contribution in [0.3, 0.4) is 0 Å². The molecule has 1 heterocycles. The summed E-state index contributed by atoms with van der Waals surface area (Å²) in [6, 6.07) is 5.29. The topological polar surface area (TPSA) is 101 Å². The lowest BCUT2D eigenvalue weighted by Gasteiger charge is -2.09. The molecule has 21 heavy (non-hydrogen) atoms. The zero-order valence-corrected chi connectivity index (χ0v) is 12.4. The van der Waals surface area contributed by atoms with Gasteiger partial charge in [-0.3, -0.25) is 9.48 Å². The van der Waals surface area contributed by atoms with Gasteiger partial charge in [0, 0.05) is 13.2 Å². The van der Waals surface area contributed by atoms with Crippen molar-refractivity contribution < 1.29 is 18.3 Å². The fraction of sp³-hybridized carbons (Fsp3) is 0.231. The number of phenols is 1. The van der Waals surface area contributed by atoms with Crippen molar-refractivity contribution >= 4 is 21.4 Å². The second-order valence-corrected chi connectivity index (χ2v) is 6.65. The quantitative estimate of drug-likeness (QED) is 0.826. The van der Waals surface area contributed by atoms with Gasteiger partial charge in [0.15, 0.2) is 9.84 Å². The summed E-state index contributed by atoms with van der Waals surface area (Å²) in [7, 11) is -1.81. The van der Waals surface area contributed by atoms with Crippen LogP contribution in [0.15, 0.2) is 35.4 Å².